The molecule has 0 aliphatic carbocycles. The largest absolute Gasteiger partial charge is 0.494 e. The van der Waals surface area contributed by atoms with Gasteiger partial charge in [-0.1, -0.05) is 12.1 Å². The van der Waals surface area contributed by atoms with Crippen LogP contribution in [-0.2, 0) is 14.9 Å². The number of nitrogens with one attached hydrogen (secondary N) is 1. The Morgan fingerprint density at radius 1 is 1.04 bits per heavy atom. The van der Waals surface area contributed by atoms with Crippen LogP contribution in [0.5, 0.6) is 11.5 Å². The molecule has 1 amide bonds. The SMILES string of the molecule is CCOc1ccc(OCC(=O)NCC2(c3ccc(F)cc3)CCOCC2)cc1. The molecule has 3 rings (SSSR count). The topological polar surface area (TPSA) is 56.8 Å². The number of carbonyl (C=O) groups is 1. The second-order valence-electron chi connectivity index (χ2n) is 6.87. The number of hydrogen-bond donors (Lipinski definition) is 1. The van der Waals surface area contributed by atoms with Gasteiger partial charge in [-0.3, -0.25) is 4.79 Å². The molecule has 5 nitrogen and oxygen atoms in total. The molecule has 6 heteroatoms. The third kappa shape index (κ3) is 5.23. The van der Waals surface area contributed by atoms with E-state index in [9.17, 15) is 9.18 Å². The standard InChI is InChI=1S/C22H26FNO4/c1-2-27-19-7-9-20(10-8-19)28-15-21(25)24-16-22(11-13-26-14-12-22)17-3-5-18(23)6-4-17/h3-10H,2,11-16H2,1H3,(H,24,25). The van der Waals surface area contributed by atoms with Gasteiger partial charge < -0.3 is 19.5 Å². The number of rotatable bonds is 8. The van der Waals surface area contributed by atoms with E-state index in [2.05, 4.69) is 5.32 Å². The Morgan fingerprint density at radius 2 is 1.64 bits per heavy atom. The fraction of sp³-hybridized carbons (Fsp3) is 0.409. The van der Waals surface area contributed by atoms with Gasteiger partial charge in [-0.05, 0) is 61.7 Å². The van der Waals surface area contributed by atoms with Gasteiger partial charge in [0.05, 0.1) is 6.61 Å². The molecule has 1 heterocycles. The molecule has 0 radical (unpaired) electrons. The molecule has 1 saturated heterocycles. The molecule has 1 N–H and O–H groups in total. The fourth-order valence-corrected chi connectivity index (χ4v) is 3.40. The first-order valence-electron chi connectivity index (χ1n) is 9.57. The van der Waals surface area contributed by atoms with E-state index in [4.69, 9.17) is 14.2 Å². The van der Waals surface area contributed by atoms with Crippen molar-refractivity contribution in [2.45, 2.75) is 25.2 Å². The number of halogens is 1. The molecule has 1 aliphatic heterocycles. The van der Waals surface area contributed by atoms with Gasteiger partial charge in [-0.15, -0.1) is 0 Å². The van der Waals surface area contributed by atoms with Crippen LogP contribution >= 0.6 is 0 Å². The van der Waals surface area contributed by atoms with Crippen molar-refractivity contribution >= 4 is 5.91 Å². The number of ether oxygens (including phenoxy) is 3. The molecule has 28 heavy (non-hydrogen) atoms. The maximum absolute atomic E-state index is 13.3. The van der Waals surface area contributed by atoms with E-state index in [1.165, 1.54) is 12.1 Å². The molecule has 0 spiro atoms. The van der Waals surface area contributed by atoms with Gasteiger partial charge >= 0.3 is 0 Å². The van der Waals surface area contributed by atoms with Crippen LogP contribution < -0.4 is 14.8 Å². The molecular formula is C22H26FNO4. The molecular weight excluding hydrogens is 361 g/mol. The summed E-state index contributed by atoms with van der Waals surface area (Å²) in [6.07, 6.45) is 1.55. The highest BCUT2D eigenvalue weighted by Gasteiger charge is 2.34. The quantitative estimate of drug-likeness (QED) is 0.754. The van der Waals surface area contributed by atoms with Gasteiger partial charge in [0.2, 0.25) is 0 Å². The molecule has 1 aliphatic rings. The summed E-state index contributed by atoms with van der Waals surface area (Å²) >= 11 is 0. The number of carbonyl (C=O) groups excluding carboxylic acids is 1. The van der Waals surface area contributed by atoms with Crippen LogP contribution in [0.15, 0.2) is 48.5 Å². The van der Waals surface area contributed by atoms with Crippen molar-refractivity contribution < 1.29 is 23.4 Å². The highest BCUT2D eigenvalue weighted by Crippen LogP contribution is 2.34. The predicted octanol–water partition coefficient (Wildman–Crippen LogP) is 3.47. The lowest BCUT2D eigenvalue weighted by molar-refractivity contribution is -0.123. The Kier molecular flexibility index (Phi) is 6.87. The molecule has 2 aromatic rings. The lowest BCUT2D eigenvalue weighted by Crippen LogP contribution is -2.45. The van der Waals surface area contributed by atoms with Crippen LogP contribution in [-0.4, -0.2) is 38.9 Å². The van der Waals surface area contributed by atoms with E-state index in [0.29, 0.717) is 32.1 Å². The zero-order chi connectivity index (χ0) is 19.8. The Hall–Kier alpha value is -2.60. The first-order chi connectivity index (χ1) is 13.6. The summed E-state index contributed by atoms with van der Waals surface area (Å²) in [7, 11) is 0. The van der Waals surface area contributed by atoms with E-state index in [0.717, 1.165) is 24.2 Å². The van der Waals surface area contributed by atoms with Gasteiger partial charge in [0.25, 0.3) is 5.91 Å². The van der Waals surface area contributed by atoms with Crippen molar-refractivity contribution in [2.75, 3.05) is 33.0 Å². The summed E-state index contributed by atoms with van der Waals surface area (Å²) in [5.74, 6) is 0.915. The molecule has 0 atom stereocenters. The average Bonchev–Trinajstić information content (AvgIpc) is 2.73. The third-order valence-corrected chi connectivity index (χ3v) is 5.04. The number of hydrogen-bond acceptors (Lipinski definition) is 4. The van der Waals surface area contributed by atoms with Crippen LogP contribution in [0.4, 0.5) is 4.39 Å². The molecule has 0 aromatic heterocycles. The highest BCUT2D eigenvalue weighted by molar-refractivity contribution is 5.77. The Labute approximate surface area is 164 Å². The summed E-state index contributed by atoms with van der Waals surface area (Å²) in [6, 6.07) is 13.7. The van der Waals surface area contributed by atoms with Gasteiger partial charge in [0, 0.05) is 25.2 Å². The summed E-state index contributed by atoms with van der Waals surface area (Å²) in [4.78, 5) is 12.3. The minimum absolute atomic E-state index is 0.0655. The average molecular weight is 387 g/mol. The Balaban J connectivity index is 1.55. The first kappa shape index (κ1) is 20.1. The van der Waals surface area contributed by atoms with Crippen LogP contribution in [0.3, 0.4) is 0 Å². The lowest BCUT2D eigenvalue weighted by Gasteiger charge is -2.38. The van der Waals surface area contributed by atoms with Crippen molar-refractivity contribution in [1.82, 2.24) is 5.32 Å². The maximum atomic E-state index is 13.3. The van der Waals surface area contributed by atoms with Gasteiger partial charge in [0.15, 0.2) is 6.61 Å². The summed E-state index contributed by atoms with van der Waals surface area (Å²) in [5, 5.41) is 2.97. The zero-order valence-corrected chi connectivity index (χ0v) is 16.1. The van der Waals surface area contributed by atoms with E-state index in [-0.39, 0.29) is 23.7 Å². The minimum atomic E-state index is -0.265. The molecule has 0 saturated carbocycles. The van der Waals surface area contributed by atoms with E-state index >= 15 is 0 Å². The fourth-order valence-electron chi connectivity index (χ4n) is 3.40. The second-order valence-corrected chi connectivity index (χ2v) is 6.87. The van der Waals surface area contributed by atoms with Crippen LogP contribution in [0.2, 0.25) is 0 Å². The maximum Gasteiger partial charge on any atom is 0.257 e. The van der Waals surface area contributed by atoms with Gasteiger partial charge in [-0.25, -0.2) is 4.39 Å². The van der Waals surface area contributed by atoms with Crippen molar-refractivity contribution in [2.24, 2.45) is 0 Å². The Bertz CT molecular complexity index is 755. The first-order valence-corrected chi connectivity index (χ1v) is 9.57. The zero-order valence-electron chi connectivity index (χ0n) is 16.1. The summed E-state index contributed by atoms with van der Waals surface area (Å²) in [6.45, 7) is 4.17. The van der Waals surface area contributed by atoms with Gasteiger partial charge in [0.1, 0.15) is 17.3 Å². The monoisotopic (exact) mass is 387 g/mol. The predicted molar refractivity (Wildman–Crippen MR) is 104 cm³/mol. The normalized spacial score (nSPS) is 15.6. The number of amides is 1. The van der Waals surface area contributed by atoms with E-state index < -0.39 is 0 Å². The minimum Gasteiger partial charge on any atom is -0.494 e. The van der Waals surface area contributed by atoms with Crippen molar-refractivity contribution in [3.63, 3.8) is 0 Å². The molecule has 2 aromatic carbocycles. The van der Waals surface area contributed by atoms with Crippen LogP contribution in [0.1, 0.15) is 25.3 Å². The van der Waals surface area contributed by atoms with Crippen molar-refractivity contribution in [1.29, 1.82) is 0 Å². The molecule has 0 bridgehead atoms. The molecule has 150 valence electrons. The second kappa shape index (κ2) is 9.55. The summed E-state index contributed by atoms with van der Waals surface area (Å²) < 4.78 is 29.7. The number of benzene rings is 2. The van der Waals surface area contributed by atoms with Crippen molar-refractivity contribution in [3.8, 4) is 11.5 Å². The smallest absolute Gasteiger partial charge is 0.257 e. The Morgan fingerprint density at radius 3 is 2.25 bits per heavy atom. The lowest BCUT2D eigenvalue weighted by atomic mass is 9.74. The third-order valence-electron chi connectivity index (χ3n) is 5.04. The molecule has 0 unspecified atom stereocenters. The van der Waals surface area contributed by atoms with Crippen LogP contribution in [0.25, 0.3) is 0 Å². The summed E-state index contributed by atoms with van der Waals surface area (Å²) in [5.41, 5.74) is 0.769. The molecule has 1 fully saturated rings. The van der Waals surface area contributed by atoms with Crippen molar-refractivity contribution in [3.05, 3.63) is 59.9 Å². The van der Waals surface area contributed by atoms with E-state index in [1.807, 2.05) is 19.1 Å². The van der Waals surface area contributed by atoms with Crippen LogP contribution in [0, 0.1) is 5.82 Å². The van der Waals surface area contributed by atoms with E-state index in [1.54, 1.807) is 24.3 Å². The highest BCUT2D eigenvalue weighted by atomic mass is 19.1. The van der Waals surface area contributed by atoms with Gasteiger partial charge in [-0.2, -0.15) is 0 Å².